The van der Waals surface area contributed by atoms with E-state index in [1.54, 1.807) is 13.1 Å². The summed E-state index contributed by atoms with van der Waals surface area (Å²) in [5, 5.41) is 13.1. The summed E-state index contributed by atoms with van der Waals surface area (Å²) in [6, 6.07) is 5.79. The summed E-state index contributed by atoms with van der Waals surface area (Å²) in [4.78, 5) is 16.2. The van der Waals surface area contributed by atoms with E-state index in [0.717, 1.165) is 18.9 Å². The molecule has 2 aromatic rings. The Balaban J connectivity index is 1.77. The summed E-state index contributed by atoms with van der Waals surface area (Å²) in [5.74, 6) is -1.13. The molecule has 0 spiro atoms. The topological polar surface area (TPSA) is 123 Å². The molecule has 8 heteroatoms. The monoisotopic (exact) mass is 366 g/mol. The van der Waals surface area contributed by atoms with E-state index in [0.29, 0.717) is 22.9 Å². The lowest BCUT2D eigenvalue weighted by Gasteiger charge is -2.05. The Bertz CT molecular complexity index is 980. The third-order valence-electron chi connectivity index (χ3n) is 4.35. The van der Waals surface area contributed by atoms with Crippen molar-refractivity contribution in [3.05, 3.63) is 59.3 Å². The normalized spacial score (nSPS) is 16.0. The van der Waals surface area contributed by atoms with Crippen LogP contribution in [0.15, 0.2) is 47.4 Å². The number of carbonyl (C=O) groups excluding carboxylic acids is 1. The van der Waals surface area contributed by atoms with Crippen LogP contribution in [0.4, 0.5) is 4.39 Å². The molecule has 1 aliphatic carbocycles. The molecule has 1 aliphatic rings. The number of amides is 1. The second kappa shape index (κ2) is 7.41. The van der Waals surface area contributed by atoms with Crippen molar-refractivity contribution in [3.8, 4) is 11.8 Å². The predicted molar refractivity (Wildman–Crippen MR) is 98.3 cm³/mol. The summed E-state index contributed by atoms with van der Waals surface area (Å²) in [5.41, 5.74) is 13.5. The Morgan fingerprint density at radius 2 is 2.19 bits per heavy atom. The Morgan fingerprint density at radius 1 is 1.44 bits per heavy atom. The molecule has 1 fully saturated rings. The van der Waals surface area contributed by atoms with Crippen LogP contribution in [0.5, 0.6) is 0 Å². The standard InChI is InChI=1S/C19H19FN6O/c1-11(19(27)25-18(23)7-17(22)13-2-3-13)14-9-24-26(10-14)16-5-12(8-21)4-15(20)6-16/h4-7,9-11,13H,2-3,22H2,1H3,(H2,23,25,27)/b17-7-. The van der Waals surface area contributed by atoms with E-state index in [1.807, 2.05) is 6.07 Å². The number of nitrogens with two attached hydrogens (primary N) is 2. The minimum absolute atomic E-state index is 0.0763. The average molecular weight is 366 g/mol. The second-order valence-electron chi connectivity index (χ2n) is 6.54. The van der Waals surface area contributed by atoms with Crippen LogP contribution >= 0.6 is 0 Å². The lowest BCUT2D eigenvalue weighted by atomic mass is 10.1. The summed E-state index contributed by atoms with van der Waals surface area (Å²) in [7, 11) is 0. The van der Waals surface area contributed by atoms with Gasteiger partial charge in [-0.1, -0.05) is 0 Å². The minimum Gasteiger partial charge on any atom is -0.402 e. The zero-order valence-electron chi connectivity index (χ0n) is 14.8. The van der Waals surface area contributed by atoms with Gasteiger partial charge in [0, 0.05) is 17.5 Å². The molecule has 1 aromatic carbocycles. The van der Waals surface area contributed by atoms with Crippen LogP contribution in [0.25, 0.3) is 5.69 Å². The summed E-state index contributed by atoms with van der Waals surface area (Å²) in [6.45, 7) is 1.68. The molecule has 0 saturated heterocycles. The number of halogens is 1. The smallest absolute Gasteiger partial charge is 0.254 e. The predicted octanol–water partition coefficient (Wildman–Crippen LogP) is 2.12. The van der Waals surface area contributed by atoms with Gasteiger partial charge < -0.3 is 11.5 Å². The first kappa shape index (κ1) is 18.3. The van der Waals surface area contributed by atoms with Crippen molar-refractivity contribution in [2.24, 2.45) is 22.4 Å². The van der Waals surface area contributed by atoms with E-state index >= 15 is 0 Å². The van der Waals surface area contributed by atoms with Crippen LogP contribution in [-0.4, -0.2) is 21.5 Å². The van der Waals surface area contributed by atoms with Gasteiger partial charge in [0.1, 0.15) is 11.7 Å². The molecular weight excluding hydrogens is 347 g/mol. The summed E-state index contributed by atoms with van der Waals surface area (Å²) < 4.78 is 15.0. The van der Waals surface area contributed by atoms with Gasteiger partial charge in [0.2, 0.25) is 0 Å². The fraction of sp³-hybridized carbons (Fsp3) is 0.263. The van der Waals surface area contributed by atoms with Crippen LogP contribution in [0.3, 0.4) is 0 Å². The first-order valence-corrected chi connectivity index (χ1v) is 8.48. The van der Waals surface area contributed by atoms with Gasteiger partial charge in [-0.2, -0.15) is 15.4 Å². The Labute approximate surface area is 155 Å². The molecular formula is C19H19FN6O. The molecule has 4 N–H and O–H groups in total. The van der Waals surface area contributed by atoms with E-state index < -0.39 is 17.6 Å². The van der Waals surface area contributed by atoms with Crippen molar-refractivity contribution in [2.75, 3.05) is 0 Å². The Morgan fingerprint density at radius 3 is 2.85 bits per heavy atom. The van der Waals surface area contributed by atoms with Crippen molar-refractivity contribution in [1.29, 1.82) is 5.26 Å². The van der Waals surface area contributed by atoms with Crippen molar-refractivity contribution in [1.82, 2.24) is 9.78 Å². The minimum atomic E-state index is -0.586. The van der Waals surface area contributed by atoms with Crippen LogP contribution in [0.2, 0.25) is 0 Å². The Hall–Kier alpha value is -3.47. The van der Waals surface area contributed by atoms with Crippen LogP contribution in [0, 0.1) is 23.1 Å². The third kappa shape index (κ3) is 4.39. The van der Waals surface area contributed by atoms with E-state index in [2.05, 4.69) is 10.1 Å². The number of allylic oxidation sites excluding steroid dienone is 1. The van der Waals surface area contributed by atoms with Gasteiger partial charge in [0.25, 0.3) is 5.91 Å². The molecule has 1 aromatic heterocycles. The fourth-order valence-electron chi connectivity index (χ4n) is 2.58. The maximum atomic E-state index is 13.6. The van der Waals surface area contributed by atoms with Crippen LogP contribution in [0.1, 0.15) is 36.8 Å². The highest BCUT2D eigenvalue weighted by molar-refractivity contribution is 6.02. The first-order valence-electron chi connectivity index (χ1n) is 8.48. The molecule has 1 saturated carbocycles. The molecule has 0 bridgehead atoms. The lowest BCUT2D eigenvalue weighted by molar-refractivity contribution is -0.118. The van der Waals surface area contributed by atoms with Gasteiger partial charge >= 0.3 is 0 Å². The van der Waals surface area contributed by atoms with Gasteiger partial charge in [-0.3, -0.25) is 4.79 Å². The van der Waals surface area contributed by atoms with E-state index in [9.17, 15) is 9.18 Å². The number of nitrogens with zero attached hydrogens (tertiary/aromatic N) is 4. The third-order valence-corrected chi connectivity index (χ3v) is 4.35. The number of aliphatic imine (C=N–C) groups is 1. The number of amidine groups is 1. The molecule has 27 heavy (non-hydrogen) atoms. The molecule has 0 aliphatic heterocycles. The maximum absolute atomic E-state index is 13.6. The van der Waals surface area contributed by atoms with Crippen molar-refractivity contribution < 1.29 is 9.18 Å². The number of hydrogen-bond acceptors (Lipinski definition) is 4. The van der Waals surface area contributed by atoms with Crippen molar-refractivity contribution in [3.63, 3.8) is 0 Å². The van der Waals surface area contributed by atoms with Crippen molar-refractivity contribution in [2.45, 2.75) is 25.7 Å². The highest BCUT2D eigenvalue weighted by Gasteiger charge is 2.24. The number of carbonyl (C=O) groups is 1. The SMILES string of the molecule is CC(C(=O)N=C(N)/C=C(\N)C1CC1)c1cnn(-c2cc(F)cc(C#N)c2)c1. The van der Waals surface area contributed by atoms with Crippen LogP contribution in [-0.2, 0) is 4.79 Å². The quantitative estimate of drug-likeness (QED) is 0.620. The molecule has 3 rings (SSSR count). The number of benzene rings is 1. The zero-order valence-corrected chi connectivity index (χ0v) is 14.8. The summed E-state index contributed by atoms with van der Waals surface area (Å²) in [6.07, 6.45) is 6.69. The van der Waals surface area contributed by atoms with E-state index in [-0.39, 0.29) is 11.4 Å². The van der Waals surface area contributed by atoms with E-state index in [1.165, 1.54) is 29.1 Å². The Kier molecular flexibility index (Phi) is 5.03. The maximum Gasteiger partial charge on any atom is 0.254 e. The average Bonchev–Trinajstić information content (AvgIpc) is 3.37. The molecule has 1 unspecified atom stereocenters. The van der Waals surface area contributed by atoms with Gasteiger partial charge in [0.15, 0.2) is 0 Å². The molecule has 1 amide bonds. The zero-order chi connectivity index (χ0) is 19.6. The van der Waals surface area contributed by atoms with Crippen LogP contribution < -0.4 is 11.5 Å². The van der Waals surface area contributed by atoms with Gasteiger partial charge in [0.05, 0.1) is 29.4 Å². The fourth-order valence-corrected chi connectivity index (χ4v) is 2.58. The summed E-state index contributed by atoms with van der Waals surface area (Å²) >= 11 is 0. The molecule has 0 radical (unpaired) electrons. The van der Waals surface area contributed by atoms with Gasteiger partial charge in [-0.05, 0) is 50.0 Å². The number of hydrogen-bond donors (Lipinski definition) is 2. The second-order valence-corrected chi connectivity index (χ2v) is 6.54. The highest BCUT2D eigenvalue weighted by Crippen LogP contribution is 2.33. The van der Waals surface area contributed by atoms with Crippen molar-refractivity contribution >= 4 is 11.7 Å². The largest absolute Gasteiger partial charge is 0.402 e. The number of aromatic nitrogens is 2. The number of nitriles is 1. The number of rotatable bonds is 5. The molecule has 138 valence electrons. The first-order chi connectivity index (χ1) is 12.9. The van der Waals surface area contributed by atoms with Gasteiger partial charge in [-0.15, -0.1) is 0 Å². The highest BCUT2D eigenvalue weighted by atomic mass is 19.1. The lowest BCUT2D eigenvalue weighted by Crippen LogP contribution is -2.17. The van der Waals surface area contributed by atoms with Gasteiger partial charge in [-0.25, -0.2) is 9.07 Å². The molecule has 1 atom stereocenters. The molecule has 7 nitrogen and oxygen atoms in total. The molecule has 1 heterocycles. The van der Waals surface area contributed by atoms with E-state index in [4.69, 9.17) is 16.7 Å².